The lowest BCUT2D eigenvalue weighted by atomic mass is 9.90. The summed E-state index contributed by atoms with van der Waals surface area (Å²) in [6, 6.07) is 2.89. The Hall–Kier alpha value is -1.00. The zero-order valence-corrected chi connectivity index (χ0v) is 10.6. The van der Waals surface area contributed by atoms with Gasteiger partial charge in [0.05, 0.1) is 6.61 Å². The summed E-state index contributed by atoms with van der Waals surface area (Å²) in [7, 11) is 1.43. The van der Waals surface area contributed by atoms with Gasteiger partial charge >= 0.3 is 0 Å². The molecule has 1 aliphatic heterocycles. The van der Waals surface area contributed by atoms with E-state index in [9.17, 15) is 8.78 Å². The molecule has 1 heterocycles. The van der Waals surface area contributed by atoms with Crippen molar-refractivity contribution in [2.45, 2.75) is 25.9 Å². The maximum atomic E-state index is 13.7. The summed E-state index contributed by atoms with van der Waals surface area (Å²) in [6.07, 6.45) is 2.90. The predicted octanol–water partition coefficient (Wildman–Crippen LogP) is 2.65. The van der Waals surface area contributed by atoms with Gasteiger partial charge in [-0.1, -0.05) is 0 Å². The number of hydrogen-bond donors (Lipinski definition) is 1. The van der Waals surface area contributed by atoms with Crippen molar-refractivity contribution < 1.29 is 13.5 Å². The lowest BCUT2D eigenvalue weighted by molar-refractivity contribution is 0.177. The van der Waals surface area contributed by atoms with E-state index in [1.165, 1.54) is 19.2 Å². The molecule has 2 nitrogen and oxygen atoms in total. The summed E-state index contributed by atoms with van der Waals surface area (Å²) in [4.78, 5) is 0. The summed E-state index contributed by atoms with van der Waals surface area (Å²) in [5, 5.41) is 3.28. The Morgan fingerprint density at radius 1 is 1.22 bits per heavy atom. The molecule has 18 heavy (non-hydrogen) atoms. The first-order valence-electron chi connectivity index (χ1n) is 6.37. The second-order valence-corrected chi connectivity index (χ2v) is 4.87. The van der Waals surface area contributed by atoms with Gasteiger partial charge in [-0.2, -0.15) is 0 Å². The minimum atomic E-state index is -0.499. The number of ether oxygens (including phenoxy) is 1. The third-order valence-electron chi connectivity index (χ3n) is 3.47. The van der Waals surface area contributed by atoms with Crippen LogP contribution in [0.4, 0.5) is 8.78 Å². The van der Waals surface area contributed by atoms with Crippen LogP contribution in [0.15, 0.2) is 12.1 Å². The highest BCUT2D eigenvalue weighted by molar-refractivity contribution is 5.26. The number of piperidine rings is 1. The Morgan fingerprint density at radius 3 is 2.39 bits per heavy atom. The van der Waals surface area contributed by atoms with E-state index in [1.54, 1.807) is 0 Å². The van der Waals surface area contributed by atoms with Gasteiger partial charge in [0.25, 0.3) is 0 Å². The van der Waals surface area contributed by atoms with Crippen LogP contribution in [0.2, 0.25) is 0 Å². The van der Waals surface area contributed by atoms with E-state index in [4.69, 9.17) is 4.74 Å². The summed E-state index contributed by atoms with van der Waals surface area (Å²) in [6.45, 7) is 1.97. The normalized spacial score (nSPS) is 17.1. The predicted molar refractivity (Wildman–Crippen MR) is 66.4 cm³/mol. The van der Waals surface area contributed by atoms with Gasteiger partial charge in [-0.05, 0) is 56.0 Å². The van der Waals surface area contributed by atoms with Crippen molar-refractivity contribution in [3.8, 4) is 0 Å². The third-order valence-corrected chi connectivity index (χ3v) is 3.47. The molecule has 0 aromatic heterocycles. The lowest BCUT2D eigenvalue weighted by Crippen LogP contribution is -2.28. The van der Waals surface area contributed by atoms with Crippen molar-refractivity contribution in [3.63, 3.8) is 0 Å². The molecule has 100 valence electrons. The fraction of sp³-hybridized carbons (Fsp3) is 0.571. The molecule has 2 rings (SSSR count). The Kier molecular flexibility index (Phi) is 4.66. The average Bonchev–Trinajstić information content (AvgIpc) is 2.35. The van der Waals surface area contributed by atoms with E-state index in [0.29, 0.717) is 5.92 Å². The quantitative estimate of drug-likeness (QED) is 0.893. The second kappa shape index (κ2) is 6.25. The molecule has 0 spiro atoms. The van der Waals surface area contributed by atoms with Gasteiger partial charge in [0, 0.05) is 12.7 Å². The monoisotopic (exact) mass is 255 g/mol. The minimum Gasteiger partial charge on any atom is -0.380 e. The van der Waals surface area contributed by atoms with Gasteiger partial charge in [-0.15, -0.1) is 0 Å². The van der Waals surface area contributed by atoms with Crippen molar-refractivity contribution >= 4 is 0 Å². The van der Waals surface area contributed by atoms with Crippen LogP contribution in [0.1, 0.15) is 24.0 Å². The van der Waals surface area contributed by atoms with E-state index in [2.05, 4.69) is 5.32 Å². The largest absolute Gasteiger partial charge is 0.380 e. The fourth-order valence-electron chi connectivity index (χ4n) is 2.47. The number of hydrogen-bond acceptors (Lipinski definition) is 2. The molecule has 0 aliphatic carbocycles. The van der Waals surface area contributed by atoms with Gasteiger partial charge in [-0.25, -0.2) is 8.78 Å². The Labute approximate surface area is 106 Å². The molecule has 1 aromatic carbocycles. The molecule has 0 unspecified atom stereocenters. The first kappa shape index (κ1) is 13.4. The molecule has 1 N–H and O–H groups in total. The van der Waals surface area contributed by atoms with E-state index < -0.39 is 11.6 Å². The Bertz CT molecular complexity index is 380. The van der Waals surface area contributed by atoms with Crippen molar-refractivity contribution in [2.24, 2.45) is 5.92 Å². The van der Waals surface area contributed by atoms with Crippen LogP contribution in [-0.2, 0) is 17.8 Å². The SMILES string of the molecule is COCc1c(F)cc(CC2CCNCC2)cc1F. The smallest absolute Gasteiger partial charge is 0.131 e. The molecular formula is C14H19F2NO. The van der Waals surface area contributed by atoms with Gasteiger partial charge in [0.15, 0.2) is 0 Å². The maximum Gasteiger partial charge on any atom is 0.131 e. The summed E-state index contributed by atoms with van der Waals surface area (Å²) in [5.74, 6) is -0.472. The van der Waals surface area contributed by atoms with E-state index in [0.717, 1.165) is 37.9 Å². The van der Waals surface area contributed by atoms with E-state index >= 15 is 0 Å². The molecule has 0 bridgehead atoms. The van der Waals surface area contributed by atoms with Crippen molar-refractivity contribution in [3.05, 3.63) is 34.9 Å². The van der Waals surface area contributed by atoms with Crippen molar-refractivity contribution in [1.29, 1.82) is 0 Å². The molecular weight excluding hydrogens is 236 g/mol. The van der Waals surface area contributed by atoms with Gasteiger partial charge < -0.3 is 10.1 Å². The van der Waals surface area contributed by atoms with Gasteiger partial charge in [0.1, 0.15) is 11.6 Å². The Balaban J connectivity index is 2.09. The molecule has 1 aliphatic rings. The minimum absolute atomic E-state index is 0.0200. The molecule has 0 saturated carbocycles. The zero-order chi connectivity index (χ0) is 13.0. The highest BCUT2D eigenvalue weighted by Crippen LogP contribution is 2.22. The van der Waals surface area contributed by atoms with Crippen LogP contribution < -0.4 is 5.32 Å². The molecule has 4 heteroatoms. The van der Waals surface area contributed by atoms with Crippen LogP contribution in [0, 0.1) is 17.6 Å². The van der Waals surface area contributed by atoms with Crippen LogP contribution in [0.5, 0.6) is 0 Å². The molecule has 0 radical (unpaired) electrons. The lowest BCUT2D eigenvalue weighted by Gasteiger charge is -2.22. The first-order chi connectivity index (χ1) is 8.70. The zero-order valence-electron chi connectivity index (χ0n) is 10.6. The van der Waals surface area contributed by atoms with Crippen molar-refractivity contribution in [1.82, 2.24) is 5.32 Å². The average molecular weight is 255 g/mol. The van der Waals surface area contributed by atoms with Gasteiger partial charge in [0.2, 0.25) is 0 Å². The number of nitrogens with one attached hydrogen (secondary N) is 1. The highest BCUT2D eigenvalue weighted by atomic mass is 19.1. The third kappa shape index (κ3) is 3.27. The fourth-order valence-corrected chi connectivity index (χ4v) is 2.47. The van der Waals surface area contributed by atoms with E-state index in [1.807, 2.05) is 0 Å². The van der Waals surface area contributed by atoms with E-state index in [-0.39, 0.29) is 12.2 Å². The number of methoxy groups -OCH3 is 1. The summed E-state index contributed by atoms with van der Waals surface area (Å²) in [5.41, 5.74) is 0.767. The van der Waals surface area contributed by atoms with Gasteiger partial charge in [-0.3, -0.25) is 0 Å². The van der Waals surface area contributed by atoms with Crippen LogP contribution in [0.25, 0.3) is 0 Å². The number of halogens is 2. The molecule has 1 saturated heterocycles. The second-order valence-electron chi connectivity index (χ2n) is 4.87. The van der Waals surface area contributed by atoms with Crippen molar-refractivity contribution in [2.75, 3.05) is 20.2 Å². The van der Waals surface area contributed by atoms with Crippen LogP contribution in [0.3, 0.4) is 0 Å². The molecule has 1 fully saturated rings. The summed E-state index contributed by atoms with van der Waals surface area (Å²) >= 11 is 0. The molecule has 0 atom stereocenters. The highest BCUT2D eigenvalue weighted by Gasteiger charge is 2.16. The molecule has 1 aromatic rings. The van der Waals surface area contributed by atoms with Crippen LogP contribution >= 0.6 is 0 Å². The molecule has 0 amide bonds. The standard InChI is InChI=1S/C14H19F2NO/c1-18-9-12-13(15)7-11(8-14(12)16)6-10-2-4-17-5-3-10/h7-8,10,17H,2-6,9H2,1H3. The number of rotatable bonds is 4. The first-order valence-corrected chi connectivity index (χ1v) is 6.37. The summed E-state index contributed by atoms with van der Waals surface area (Å²) < 4.78 is 32.2. The maximum absolute atomic E-state index is 13.7. The topological polar surface area (TPSA) is 21.3 Å². The van der Waals surface area contributed by atoms with Crippen LogP contribution in [-0.4, -0.2) is 20.2 Å². The number of benzene rings is 1. The Morgan fingerprint density at radius 2 is 1.83 bits per heavy atom.